The zero-order valence-electron chi connectivity index (χ0n) is 13.6. The van der Waals surface area contributed by atoms with Gasteiger partial charge in [-0.2, -0.15) is 0 Å². The van der Waals surface area contributed by atoms with Gasteiger partial charge in [-0.15, -0.1) is 0 Å². The standard InChI is InChI=1S/C18H21N3O3/c1-24-18-5-3-2-4-16(18)17-12-19-10-11-20(17)13-14-6-8-15(9-7-14)21(22)23/h2-9,17,19H,10-13H2,1H3. The first-order chi connectivity index (χ1) is 11.7. The van der Waals surface area contributed by atoms with E-state index in [9.17, 15) is 10.1 Å². The Hall–Kier alpha value is -2.44. The number of methoxy groups -OCH3 is 1. The fraction of sp³-hybridized carbons (Fsp3) is 0.333. The number of nitrogens with one attached hydrogen (secondary N) is 1. The number of hydrogen-bond acceptors (Lipinski definition) is 5. The first-order valence-electron chi connectivity index (χ1n) is 8.00. The van der Waals surface area contributed by atoms with Crippen molar-refractivity contribution in [3.05, 3.63) is 69.8 Å². The molecule has 1 fully saturated rings. The molecule has 0 aliphatic carbocycles. The van der Waals surface area contributed by atoms with E-state index in [0.717, 1.165) is 43.1 Å². The molecule has 1 heterocycles. The summed E-state index contributed by atoms with van der Waals surface area (Å²) < 4.78 is 5.51. The molecule has 2 aromatic carbocycles. The van der Waals surface area contributed by atoms with Gasteiger partial charge in [0, 0.05) is 43.9 Å². The summed E-state index contributed by atoms with van der Waals surface area (Å²) in [4.78, 5) is 12.8. The maximum Gasteiger partial charge on any atom is 0.269 e. The van der Waals surface area contributed by atoms with Crippen LogP contribution >= 0.6 is 0 Å². The van der Waals surface area contributed by atoms with Gasteiger partial charge in [-0.05, 0) is 11.6 Å². The van der Waals surface area contributed by atoms with E-state index in [0.29, 0.717) is 0 Å². The number of nitro groups is 1. The lowest BCUT2D eigenvalue weighted by atomic mass is 10.0. The van der Waals surface area contributed by atoms with Gasteiger partial charge in [-0.25, -0.2) is 0 Å². The molecule has 0 spiro atoms. The minimum atomic E-state index is -0.369. The van der Waals surface area contributed by atoms with Crippen LogP contribution in [0.3, 0.4) is 0 Å². The zero-order valence-corrected chi connectivity index (χ0v) is 13.6. The molecule has 0 bridgehead atoms. The second kappa shape index (κ2) is 7.42. The maximum absolute atomic E-state index is 10.8. The molecule has 6 nitrogen and oxygen atoms in total. The number of non-ortho nitro benzene ring substituents is 1. The number of nitrogens with zero attached hydrogens (tertiary/aromatic N) is 2. The Balaban J connectivity index is 1.81. The highest BCUT2D eigenvalue weighted by Gasteiger charge is 2.26. The summed E-state index contributed by atoms with van der Waals surface area (Å²) >= 11 is 0. The summed E-state index contributed by atoms with van der Waals surface area (Å²) in [6, 6.07) is 15.1. The van der Waals surface area contributed by atoms with Gasteiger partial charge >= 0.3 is 0 Å². The van der Waals surface area contributed by atoms with Crippen LogP contribution in [0, 0.1) is 10.1 Å². The van der Waals surface area contributed by atoms with Gasteiger partial charge in [0.05, 0.1) is 18.1 Å². The Morgan fingerprint density at radius 3 is 2.71 bits per heavy atom. The molecule has 1 N–H and O–H groups in total. The van der Waals surface area contributed by atoms with Crippen molar-refractivity contribution in [1.82, 2.24) is 10.2 Å². The van der Waals surface area contributed by atoms with Crippen LogP contribution < -0.4 is 10.1 Å². The van der Waals surface area contributed by atoms with E-state index < -0.39 is 0 Å². The number of benzene rings is 2. The fourth-order valence-corrected chi connectivity index (χ4v) is 3.14. The first kappa shape index (κ1) is 16.4. The molecule has 0 saturated carbocycles. The largest absolute Gasteiger partial charge is 0.496 e. The zero-order chi connectivity index (χ0) is 16.9. The number of piperazine rings is 1. The van der Waals surface area contributed by atoms with Gasteiger partial charge in [0.15, 0.2) is 0 Å². The summed E-state index contributed by atoms with van der Waals surface area (Å²) in [5.41, 5.74) is 2.36. The van der Waals surface area contributed by atoms with E-state index in [1.807, 2.05) is 30.3 Å². The van der Waals surface area contributed by atoms with Crippen molar-refractivity contribution in [2.75, 3.05) is 26.7 Å². The van der Waals surface area contributed by atoms with Crippen molar-refractivity contribution in [2.24, 2.45) is 0 Å². The third-order valence-electron chi connectivity index (χ3n) is 4.39. The maximum atomic E-state index is 10.8. The Morgan fingerprint density at radius 2 is 2.00 bits per heavy atom. The van der Waals surface area contributed by atoms with Crippen molar-refractivity contribution < 1.29 is 9.66 Å². The van der Waals surface area contributed by atoms with E-state index in [4.69, 9.17) is 4.74 Å². The normalized spacial score (nSPS) is 18.3. The molecule has 6 heteroatoms. The molecule has 0 radical (unpaired) electrons. The molecule has 1 saturated heterocycles. The molecule has 1 unspecified atom stereocenters. The predicted octanol–water partition coefficient (Wildman–Crippen LogP) is 2.75. The van der Waals surface area contributed by atoms with Crippen LogP contribution in [0.25, 0.3) is 0 Å². The van der Waals surface area contributed by atoms with Crippen molar-refractivity contribution in [1.29, 1.82) is 0 Å². The van der Waals surface area contributed by atoms with E-state index in [1.54, 1.807) is 19.2 Å². The molecule has 24 heavy (non-hydrogen) atoms. The lowest BCUT2D eigenvalue weighted by molar-refractivity contribution is -0.384. The summed E-state index contributed by atoms with van der Waals surface area (Å²) in [5.74, 6) is 0.889. The summed E-state index contributed by atoms with van der Waals surface area (Å²) in [6.45, 7) is 3.45. The SMILES string of the molecule is COc1ccccc1C1CNCCN1Cc1ccc([N+](=O)[O-])cc1. The summed E-state index contributed by atoms with van der Waals surface area (Å²) in [7, 11) is 1.69. The number of ether oxygens (including phenoxy) is 1. The lowest BCUT2D eigenvalue weighted by Gasteiger charge is -2.37. The van der Waals surface area contributed by atoms with Gasteiger partial charge < -0.3 is 10.1 Å². The number of rotatable bonds is 5. The van der Waals surface area contributed by atoms with E-state index in [-0.39, 0.29) is 16.7 Å². The van der Waals surface area contributed by atoms with E-state index in [1.165, 1.54) is 0 Å². The van der Waals surface area contributed by atoms with Crippen LogP contribution in [0.15, 0.2) is 48.5 Å². The predicted molar refractivity (Wildman–Crippen MR) is 92.1 cm³/mol. The molecule has 0 amide bonds. The molecule has 126 valence electrons. The molecule has 1 atom stereocenters. The van der Waals surface area contributed by atoms with Crippen LogP contribution in [0.5, 0.6) is 5.75 Å². The Morgan fingerprint density at radius 1 is 1.25 bits per heavy atom. The van der Waals surface area contributed by atoms with Gasteiger partial charge in [-0.3, -0.25) is 15.0 Å². The van der Waals surface area contributed by atoms with Crippen LogP contribution in [-0.4, -0.2) is 36.6 Å². The van der Waals surface area contributed by atoms with Crippen molar-refractivity contribution >= 4 is 5.69 Å². The smallest absolute Gasteiger partial charge is 0.269 e. The van der Waals surface area contributed by atoms with Crippen molar-refractivity contribution in [3.63, 3.8) is 0 Å². The van der Waals surface area contributed by atoms with Crippen LogP contribution in [-0.2, 0) is 6.54 Å². The van der Waals surface area contributed by atoms with Gasteiger partial charge in [-0.1, -0.05) is 30.3 Å². The Labute approximate surface area is 141 Å². The summed E-state index contributed by atoms with van der Waals surface area (Å²) in [6.07, 6.45) is 0. The quantitative estimate of drug-likeness (QED) is 0.675. The van der Waals surface area contributed by atoms with Gasteiger partial charge in [0.1, 0.15) is 5.75 Å². The van der Waals surface area contributed by atoms with Gasteiger partial charge in [0.25, 0.3) is 5.69 Å². The second-order valence-corrected chi connectivity index (χ2v) is 5.86. The number of para-hydroxylation sites is 1. The highest BCUT2D eigenvalue weighted by Crippen LogP contribution is 2.31. The lowest BCUT2D eigenvalue weighted by Crippen LogP contribution is -2.45. The number of nitro benzene ring substituents is 1. The molecule has 0 aromatic heterocycles. The highest BCUT2D eigenvalue weighted by molar-refractivity contribution is 5.37. The van der Waals surface area contributed by atoms with Crippen molar-refractivity contribution in [3.8, 4) is 5.75 Å². The average Bonchev–Trinajstić information content (AvgIpc) is 2.62. The second-order valence-electron chi connectivity index (χ2n) is 5.86. The third-order valence-corrected chi connectivity index (χ3v) is 4.39. The summed E-state index contributed by atoms with van der Waals surface area (Å²) in [5, 5.41) is 14.2. The highest BCUT2D eigenvalue weighted by atomic mass is 16.6. The minimum absolute atomic E-state index is 0.125. The Bertz CT molecular complexity index is 703. The van der Waals surface area contributed by atoms with Crippen LogP contribution in [0.1, 0.15) is 17.2 Å². The monoisotopic (exact) mass is 327 g/mol. The first-order valence-corrected chi connectivity index (χ1v) is 8.00. The molecular formula is C18H21N3O3. The van der Waals surface area contributed by atoms with Gasteiger partial charge in [0.2, 0.25) is 0 Å². The molecule has 1 aliphatic rings. The molecule has 3 rings (SSSR count). The molecular weight excluding hydrogens is 306 g/mol. The van der Waals surface area contributed by atoms with Crippen LogP contribution in [0.2, 0.25) is 0 Å². The molecule has 2 aromatic rings. The minimum Gasteiger partial charge on any atom is -0.496 e. The third kappa shape index (κ3) is 3.55. The average molecular weight is 327 g/mol. The van der Waals surface area contributed by atoms with E-state index in [2.05, 4.69) is 16.3 Å². The fourth-order valence-electron chi connectivity index (χ4n) is 3.14. The molecule has 1 aliphatic heterocycles. The van der Waals surface area contributed by atoms with Crippen molar-refractivity contribution in [2.45, 2.75) is 12.6 Å². The number of hydrogen-bond donors (Lipinski definition) is 1. The Kier molecular flexibility index (Phi) is 5.08. The van der Waals surface area contributed by atoms with Crippen LogP contribution in [0.4, 0.5) is 5.69 Å². The van der Waals surface area contributed by atoms with E-state index >= 15 is 0 Å². The topological polar surface area (TPSA) is 67.6 Å².